The number of nitrogens with zero attached hydrogens (tertiary/aromatic N) is 1. The molecule has 0 unspecified atom stereocenters. The van der Waals surface area contributed by atoms with Crippen LogP contribution < -0.4 is 4.46 Å². The van der Waals surface area contributed by atoms with Crippen LogP contribution in [-0.4, -0.2) is 31.3 Å². The summed E-state index contributed by atoms with van der Waals surface area (Å²) in [5.74, 6) is 2.08. The number of aliphatic hydroxyl groups is 1. The molecule has 0 amide bonds. The molecule has 3 aliphatic carbocycles. The molecule has 1 aromatic rings. The van der Waals surface area contributed by atoms with E-state index in [-0.39, 0.29) is 26.5 Å². The number of fused-ring (bicyclic) bond motifs is 5. The summed E-state index contributed by atoms with van der Waals surface area (Å²) in [6.07, 6.45) is 6.31. The van der Waals surface area contributed by atoms with E-state index in [1.54, 1.807) is 0 Å². The normalized spacial score (nSPS) is 38.3. The fourth-order valence-corrected chi connectivity index (χ4v) is 7.18. The first-order valence-electron chi connectivity index (χ1n) is 8.64. The number of nitriles is 1. The van der Waals surface area contributed by atoms with Gasteiger partial charge in [0.1, 0.15) is 0 Å². The van der Waals surface area contributed by atoms with Crippen LogP contribution in [0.4, 0.5) is 0 Å². The van der Waals surface area contributed by atoms with Crippen molar-refractivity contribution in [3.8, 4) is 10.7 Å². The van der Waals surface area contributed by atoms with Crippen LogP contribution in [0.15, 0.2) is 12.1 Å². The molecule has 2 saturated carbocycles. The third-order valence-corrected chi connectivity index (χ3v) is 8.23. The van der Waals surface area contributed by atoms with Gasteiger partial charge in [0.05, 0.1) is 0 Å². The van der Waals surface area contributed by atoms with Crippen LogP contribution in [0.25, 0.3) is 0 Å². The first-order chi connectivity index (χ1) is 11.0. The predicted octanol–water partition coefficient (Wildman–Crippen LogP) is 2.42. The van der Waals surface area contributed by atoms with Crippen molar-refractivity contribution < 1.29 is 10.2 Å². The van der Waals surface area contributed by atoms with Gasteiger partial charge in [0, 0.05) is 0 Å². The number of hydrogen-bond donors (Lipinski definition) is 2. The number of aryl methyl sites for hydroxylation is 1. The summed E-state index contributed by atoms with van der Waals surface area (Å²) in [6, 6.07) is 3.74. The molecule has 0 bridgehead atoms. The van der Waals surface area contributed by atoms with Crippen LogP contribution in [0.5, 0.6) is 5.75 Å². The fraction of sp³-hybridized carbons (Fsp3) is 0.632. The maximum atomic E-state index is 10.5. The first-order valence-corrected chi connectivity index (χ1v) is 10.4. The van der Waals surface area contributed by atoms with Gasteiger partial charge in [-0.05, 0) is 0 Å². The first kappa shape index (κ1) is 15.5. The second-order valence-corrected chi connectivity index (χ2v) is 9.50. The maximum absolute atomic E-state index is 10.5. The van der Waals surface area contributed by atoms with Gasteiger partial charge in [-0.1, -0.05) is 0 Å². The number of aromatic hydroxyl groups is 1. The minimum absolute atomic E-state index is 0.0934. The zero-order valence-corrected chi connectivity index (χ0v) is 15.2. The second kappa shape index (κ2) is 5.52. The van der Waals surface area contributed by atoms with Gasteiger partial charge in [-0.3, -0.25) is 0 Å². The second-order valence-electron chi connectivity index (χ2n) is 7.76. The van der Waals surface area contributed by atoms with Crippen molar-refractivity contribution >= 4 is 19.4 Å². The topological polar surface area (TPSA) is 64.2 Å². The van der Waals surface area contributed by atoms with E-state index in [0.717, 1.165) is 43.0 Å². The van der Waals surface area contributed by atoms with E-state index >= 15 is 0 Å². The molecule has 2 fully saturated rings. The van der Waals surface area contributed by atoms with Crippen molar-refractivity contribution in [2.24, 2.45) is 17.3 Å². The molecule has 0 heterocycles. The molecule has 2 N–H and O–H groups in total. The van der Waals surface area contributed by atoms with Gasteiger partial charge in [0.25, 0.3) is 0 Å². The van der Waals surface area contributed by atoms with Crippen LogP contribution in [0.1, 0.15) is 56.1 Å². The Bertz CT molecular complexity index is 683. The van der Waals surface area contributed by atoms with E-state index in [4.69, 9.17) is 0 Å². The van der Waals surface area contributed by atoms with Gasteiger partial charge >= 0.3 is 144 Å². The molecule has 4 heteroatoms. The monoisotopic (exact) mass is 377 g/mol. The van der Waals surface area contributed by atoms with Crippen LogP contribution in [0.2, 0.25) is 0 Å². The van der Waals surface area contributed by atoms with Crippen molar-refractivity contribution in [3.63, 3.8) is 0 Å². The Morgan fingerprint density at radius 3 is 2.87 bits per heavy atom. The van der Waals surface area contributed by atoms with Crippen LogP contribution in [0.3, 0.4) is 0 Å². The average Bonchev–Trinajstić information content (AvgIpc) is 2.82. The summed E-state index contributed by atoms with van der Waals surface area (Å²) in [7, 11) is 0. The number of rotatable bonds is 1. The van der Waals surface area contributed by atoms with Gasteiger partial charge in [-0.25, -0.2) is 0 Å². The molecule has 5 atom stereocenters. The molecule has 0 aromatic heterocycles. The van der Waals surface area contributed by atoms with Crippen molar-refractivity contribution in [1.29, 1.82) is 5.26 Å². The van der Waals surface area contributed by atoms with Gasteiger partial charge in [-0.15, -0.1) is 0 Å². The molecule has 1 aromatic carbocycles. The van der Waals surface area contributed by atoms with E-state index in [2.05, 4.69) is 11.9 Å². The summed E-state index contributed by atoms with van der Waals surface area (Å²) < 4.78 is 1.09. The molecule has 0 aliphatic heterocycles. The van der Waals surface area contributed by atoms with Crippen LogP contribution >= 0.6 is 0 Å². The molecule has 23 heavy (non-hydrogen) atoms. The number of hydrogen-bond acceptors (Lipinski definition) is 3. The Balaban J connectivity index is 1.76. The van der Waals surface area contributed by atoms with E-state index < -0.39 is 0 Å². The molecule has 4 rings (SSSR count). The molecule has 3 aliphatic rings. The summed E-state index contributed by atoms with van der Waals surface area (Å²) in [6.45, 7) is 2.29. The van der Waals surface area contributed by atoms with Crippen molar-refractivity contribution in [3.05, 3.63) is 23.3 Å². The number of aliphatic hydroxyl groups excluding tert-OH is 1. The fourth-order valence-electron chi connectivity index (χ4n) is 5.77. The molecule has 0 radical (unpaired) electrons. The Kier molecular flexibility index (Phi) is 3.72. The number of phenols is 1. The van der Waals surface area contributed by atoms with E-state index in [0.29, 0.717) is 23.5 Å². The standard InChI is InChI=1S/C19H23NO2Se/c1-19-7-6-14-13(15(19)4-5-17(19)22)3-2-11-8-12(21)9-16(18(11)14)23-10-20/h8-9,13-15,17,21-22H,2-7H2,1H3/t13-,14+,15+,17-,19+/m1/s1. The molecular weight excluding hydrogens is 353 g/mol. The summed E-state index contributed by atoms with van der Waals surface area (Å²) >= 11 is -0.222. The van der Waals surface area contributed by atoms with Crippen molar-refractivity contribution in [2.75, 3.05) is 0 Å². The molecular formula is C19H23NO2Se. The van der Waals surface area contributed by atoms with Gasteiger partial charge in [0.15, 0.2) is 0 Å². The number of phenolic OH excluding ortho intramolecular Hbond substituents is 1. The van der Waals surface area contributed by atoms with E-state index in [9.17, 15) is 15.5 Å². The number of benzene rings is 1. The summed E-state index contributed by atoms with van der Waals surface area (Å²) in [4.78, 5) is 2.33. The SMILES string of the molecule is C[C@]12CC[C@@H]3c4c(cc(O)cc4[Se]C#N)CC[C@H]3[C@@H]1CC[C@H]2O. The third-order valence-electron chi connectivity index (χ3n) is 6.87. The van der Waals surface area contributed by atoms with Crippen LogP contribution in [0, 0.1) is 27.5 Å². The van der Waals surface area contributed by atoms with Crippen molar-refractivity contribution in [1.82, 2.24) is 0 Å². The van der Waals surface area contributed by atoms with Crippen LogP contribution in [-0.2, 0) is 6.42 Å². The van der Waals surface area contributed by atoms with Gasteiger partial charge in [0.2, 0.25) is 0 Å². The molecule has 0 spiro atoms. The Morgan fingerprint density at radius 2 is 2.09 bits per heavy atom. The minimum atomic E-state index is -0.222. The summed E-state index contributed by atoms with van der Waals surface area (Å²) in [5.41, 5.74) is 2.74. The zero-order chi connectivity index (χ0) is 16.2. The Labute approximate surface area is 143 Å². The van der Waals surface area contributed by atoms with Crippen molar-refractivity contribution in [2.45, 2.75) is 57.5 Å². The molecule has 3 nitrogen and oxygen atoms in total. The Hall–Kier alpha value is -1.01. The quantitative estimate of drug-likeness (QED) is 0.740. The average molecular weight is 376 g/mol. The van der Waals surface area contributed by atoms with Gasteiger partial charge < -0.3 is 0 Å². The zero-order valence-electron chi connectivity index (χ0n) is 13.5. The molecule has 0 saturated heterocycles. The summed E-state index contributed by atoms with van der Waals surface area (Å²) in [5, 5.41) is 29.7. The Morgan fingerprint density at radius 1 is 1.26 bits per heavy atom. The van der Waals surface area contributed by atoms with E-state index in [1.165, 1.54) is 11.1 Å². The molecule has 122 valence electrons. The third kappa shape index (κ3) is 2.25. The van der Waals surface area contributed by atoms with Gasteiger partial charge in [-0.2, -0.15) is 0 Å². The predicted molar refractivity (Wildman–Crippen MR) is 89.7 cm³/mol. The van der Waals surface area contributed by atoms with E-state index in [1.807, 2.05) is 12.1 Å².